The Morgan fingerprint density at radius 1 is 1.53 bits per heavy atom. The number of ether oxygens (including phenoxy) is 1. The first-order valence-corrected chi connectivity index (χ1v) is 6.22. The van der Waals surface area contributed by atoms with Crippen LogP contribution in [0.4, 0.5) is 5.69 Å². The van der Waals surface area contributed by atoms with Crippen LogP contribution in [0.1, 0.15) is 19.4 Å². The molecule has 0 radical (unpaired) electrons. The Kier molecular flexibility index (Phi) is 5.28. The van der Waals surface area contributed by atoms with Crippen LogP contribution < -0.4 is 4.74 Å². The predicted octanol–water partition coefficient (Wildman–Crippen LogP) is 3.10. The van der Waals surface area contributed by atoms with Gasteiger partial charge in [0.05, 0.1) is 11.5 Å². The first-order valence-electron chi connectivity index (χ1n) is 5.59. The quantitative estimate of drug-likeness (QED) is 0.483. The molecule has 0 aliphatic carbocycles. The molecule has 4 nitrogen and oxygen atoms in total. The van der Waals surface area contributed by atoms with E-state index in [-0.39, 0.29) is 11.6 Å². The van der Waals surface area contributed by atoms with Crippen molar-refractivity contribution in [2.24, 2.45) is 5.92 Å². The van der Waals surface area contributed by atoms with Crippen LogP contribution >= 0.6 is 12.6 Å². The largest absolute Gasteiger partial charge is 0.486 e. The first-order chi connectivity index (χ1) is 8.08. The van der Waals surface area contributed by atoms with Gasteiger partial charge in [0.25, 0.3) is 0 Å². The van der Waals surface area contributed by atoms with Crippen LogP contribution in [0, 0.1) is 16.0 Å². The van der Waals surface area contributed by atoms with Crippen molar-refractivity contribution < 1.29 is 9.66 Å². The number of aryl methyl sites for hydroxylation is 1. The Labute approximate surface area is 107 Å². The molecule has 0 aliphatic heterocycles. The fourth-order valence-electron chi connectivity index (χ4n) is 1.33. The molecule has 17 heavy (non-hydrogen) atoms. The van der Waals surface area contributed by atoms with Crippen LogP contribution in [-0.2, 0) is 6.42 Å². The SMILES string of the molecule is CCc1ccc(OCC(C)CS)c([N+](=O)[O-])c1. The number of nitro groups is 1. The van der Waals surface area contributed by atoms with Crippen molar-refractivity contribution in [2.75, 3.05) is 12.4 Å². The van der Waals surface area contributed by atoms with Gasteiger partial charge in [0.1, 0.15) is 0 Å². The Hall–Kier alpha value is -1.23. The van der Waals surface area contributed by atoms with Crippen molar-refractivity contribution in [2.45, 2.75) is 20.3 Å². The van der Waals surface area contributed by atoms with Gasteiger partial charge in [-0.05, 0) is 29.7 Å². The van der Waals surface area contributed by atoms with Crippen LogP contribution in [0.25, 0.3) is 0 Å². The third kappa shape index (κ3) is 3.93. The van der Waals surface area contributed by atoms with Crippen LogP contribution in [0.5, 0.6) is 5.75 Å². The van der Waals surface area contributed by atoms with Gasteiger partial charge in [0.2, 0.25) is 0 Å². The Morgan fingerprint density at radius 2 is 2.24 bits per heavy atom. The van der Waals surface area contributed by atoms with Gasteiger partial charge in [0.15, 0.2) is 5.75 Å². The zero-order chi connectivity index (χ0) is 12.8. The Bertz CT molecular complexity index is 395. The molecule has 1 atom stereocenters. The number of thiol groups is 1. The van der Waals surface area contributed by atoms with Crippen LogP contribution in [0.15, 0.2) is 18.2 Å². The third-order valence-electron chi connectivity index (χ3n) is 2.46. The molecule has 0 N–H and O–H groups in total. The second kappa shape index (κ2) is 6.49. The zero-order valence-corrected chi connectivity index (χ0v) is 10.9. The van der Waals surface area contributed by atoms with Crippen LogP contribution in [-0.4, -0.2) is 17.3 Å². The molecule has 94 valence electrons. The molecule has 1 rings (SSSR count). The average molecular weight is 255 g/mol. The van der Waals surface area contributed by atoms with Gasteiger partial charge in [-0.25, -0.2) is 0 Å². The molecule has 0 saturated carbocycles. The summed E-state index contributed by atoms with van der Waals surface area (Å²) in [4.78, 5) is 10.5. The number of nitro benzene ring substituents is 1. The molecule has 0 bridgehead atoms. The molecule has 0 amide bonds. The van der Waals surface area contributed by atoms with Gasteiger partial charge < -0.3 is 4.74 Å². The minimum absolute atomic E-state index is 0.0377. The number of rotatable bonds is 6. The van der Waals surface area contributed by atoms with E-state index >= 15 is 0 Å². The summed E-state index contributed by atoms with van der Waals surface area (Å²) in [5.41, 5.74) is 0.974. The standard InChI is InChI=1S/C12H17NO3S/c1-3-10-4-5-12(11(6-10)13(14)15)16-7-9(2)8-17/h4-6,9,17H,3,7-8H2,1-2H3. The molecular weight excluding hydrogens is 238 g/mol. The van der Waals surface area contributed by atoms with Crippen molar-refractivity contribution in [1.29, 1.82) is 0 Å². The highest BCUT2D eigenvalue weighted by Gasteiger charge is 2.16. The normalized spacial score (nSPS) is 12.2. The van der Waals surface area contributed by atoms with Crippen molar-refractivity contribution in [3.8, 4) is 5.75 Å². The lowest BCUT2D eigenvalue weighted by Gasteiger charge is -2.11. The summed E-state index contributed by atoms with van der Waals surface area (Å²) in [7, 11) is 0. The molecule has 0 fully saturated rings. The second-order valence-electron chi connectivity index (χ2n) is 4.01. The zero-order valence-electron chi connectivity index (χ0n) is 10.0. The lowest BCUT2D eigenvalue weighted by Crippen LogP contribution is -2.10. The highest BCUT2D eigenvalue weighted by Crippen LogP contribution is 2.28. The molecule has 0 heterocycles. The maximum atomic E-state index is 10.9. The van der Waals surface area contributed by atoms with Crippen molar-refractivity contribution in [3.63, 3.8) is 0 Å². The monoisotopic (exact) mass is 255 g/mol. The summed E-state index contributed by atoms with van der Waals surface area (Å²) in [6.07, 6.45) is 0.772. The molecule has 0 aromatic heterocycles. The van der Waals surface area contributed by atoms with Gasteiger partial charge in [-0.3, -0.25) is 10.1 Å². The highest BCUT2D eigenvalue weighted by molar-refractivity contribution is 7.80. The summed E-state index contributed by atoms with van der Waals surface area (Å²) in [6, 6.07) is 5.09. The summed E-state index contributed by atoms with van der Waals surface area (Å²) in [6.45, 7) is 4.39. The predicted molar refractivity (Wildman–Crippen MR) is 71.0 cm³/mol. The minimum Gasteiger partial charge on any atom is -0.486 e. The fourth-order valence-corrected chi connectivity index (χ4v) is 1.44. The number of hydrogen-bond acceptors (Lipinski definition) is 4. The summed E-state index contributed by atoms with van der Waals surface area (Å²) >= 11 is 4.15. The van der Waals surface area contributed by atoms with Gasteiger partial charge in [-0.1, -0.05) is 19.9 Å². The number of hydrogen-bond donors (Lipinski definition) is 1. The second-order valence-corrected chi connectivity index (χ2v) is 4.38. The van der Waals surface area contributed by atoms with E-state index in [2.05, 4.69) is 12.6 Å². The lowest BCUT2D eigenvalue weighted by molar-refractivity contribution is -0.386. The van der Waals surface area contributed by atoms with E-state index in [1.165, 1.54) is 0 Å². The topological polar surface area (TPSA) is 52.4 Å². The average Bonchev–Trinajstić information content (AvgIpc) is 2.35. The smallest absolute Gasteiger partial charge is 0.311 e. The molecule has 5 heteroatoms. The van der Waals surface area contributed by atoms with E-state index in [0.29, 0.717) is 18.1 Å². The maximum Gasteiger partial charge on any atom is 0.311 e. The first kappa shape index (κ1) is 13.8. The maximum absolute atomic E-state index is 10.9. The van der Waals surface area contributed by atoms with Gasteiger partial charge in [-0.15, -0.1) is 0 Å². The summed E-state index contributed by atoms with van der Waals surface area (Å²) < 4.78 is 5.46. The van der Waals surface area contributed by atoms with Crippen LogP contribution in [0.3, 0.4) is 0 Å². The van der Waals surface area contributed by atoms with Crippen molar-refractivity contribution >= 4 is 18.3 Å². The summed E-state index contributed by atoms with van der Waals surface area (Å²) in [5, 5.41) is 10.9. The van der Waals surface area contributed by atoms with Gasteiger partial charge in [-0.2, -0.15) is 12.6 Å². The van der Waals surface area contributed by atoms with Gasteiger partial charge in [0, 0.05) is 6.07 Å². The summed E-state index contributed by atoms with van der Waals surface area (Å²) in [5.74, 6) is 1.30. The Morgan fingerprint density at radius 3 is 2.76 bits per heavy atom. The molecular formula is C12H17NO3S. The number of nitrogens with zero attached hydrogens (tertiary/aromatic N) is 1. The molecule has 1 aromatic carbocycles. The van der Waals surface area contributed by atoms with Crippen LogP contribution in [0.2, 0.25) is 0 Å². The highest BCUT2D eigenvalue weighted by atomic mass is 32.1. The van der Waals surface area contributed by atoms with E-state index in [1.54, 1.807) is 12.1 Å². The van der Waals surface area contributed by atoms with E-state index in [9.17, 15) is 10.1 Å². The van der Waals surface area contributed by atoms with E-state index in [1.807, 2.05) is 19.9 Å². The number of benzene rings is 1. The van der Waals surface area contributed by atoms with E-state index < -0.39 is 4.92 Å². The van der Waals surface area contributed by atoms with Gasteiger partial charge >= 0.3 is 5.69 Å². The fraction of sp³-hybridized carbons (Fsp3) is 0.500. The molecule has 1 aromatic rings. The van der Waals surface area contributed by atoms with E-state index in [0.717, 1.165) is 12.0 Å². The van der Waals surface area contributed by atoms with E-state index in [4.69, 9.17) is 4.74 Å². The molecule has 0 spiro atoms. The lowest BCUT2D eigenvalue weighted by atomic mass is 10.1. The minimum atomic E-state index is -0.403. The molecule has 0 saturated heterocycles. The molecule has 0 aliphatic rings. The third-order valence-corrected chi connectivity index (χ3v) is 3.09. The Balaban J connectivity index is 2.87. The molecule has 1 unspecified atom stereocenters. The van der Waals surface area contributed by atoms with Crippen molar-refractivity contribution in [3.05, 3.63) is 33.9 Å². The van der Waals surface area contributed by atoms with Crippen molar-refractivity contribution in [1.82, 2.24) is 0 Å².